The lowest BCUT2D eigenvalue weighted by Gasteiger charge is -2.38. The maximum atomic E-state index is 13.4. The number of nitrogens with one attached hydrogen (secondary N) is 1. The topological polar surface area (TPSA) is 15.3 Å². The van der Waals surface area contributed by atoms with Crippen molar-refractivity contribution in [2.24, 2.45) is 5.92 Å². The van der Waals surface area contributed by atoms with Crippen molar-refractivity contribution in [1.82, 2.24) is 10.2 Å². The fourth-order valence-corrected chi connectivity index (χ4v) is 3.36. The monoisotopic (exact) mass is 334 g/mol. The third-order valence-corrected chi connectivity index (χ3v) is 4.40. The van der Waals surface area contributed by atoms with Crippen LogP contribution in [0.5, 0.6) is 0 Å². The molecular formula is C16H25Cl2FN2. The minimum Gasteiger partial charge on any atom is -0.314 e. The molecule has 1 aromatic rings. The van der Waals surface area contributed by atoms with Gasteiger partial charge in [-0.15, -0.1) is 12.4 Å². The first kappa shape index (κ1) is 18.7. The lowest BCUT2D eigenvalue weighted by Crippen LogP contribution is -2.46. The molecule has 2 rings (SSSR count). The largest absolute Gasteiger partial charge is 0.314 e. The summed E-state index contributed by atoms with van der Waals surface area (Å²) in [5, 5.41) is 3.61. The van der Waals surface area contributed by atoms with Crippen molar-refractivity contribution in [2.75, 3.05) is 26.2 Å². The Bertz CT molecular complexity index is 436. The average Bonchev–Trinajstić information content (AvgIpc) is 2.44. The van der Waals surface area contributed by atoms with Crippen LogP contribution in [0.25, 0.3) is 0 Å². The molecule has 2 nitrogen and oxygen atoms in total. The number of benzene rings is 1. The summed E-state index contributed by atoms with van der Waals surface area (Å²) in [6.07, 6.45) is 2.34. The van der Waals surface area contributed by atoms with Crippen LogP contribution >= 0.6 is 24.0 Å². The van der Waals surface area contributed by atoms with Crippen LogP contribution in [0.2, 0.25) is 5.02 Å². The van der Waals surface area contributed by atoms with Crippen molar-refractivity contribution in [3.8, 4) is 0 Å². The van der Waals surface area contributed by atoms with Gasteiger partial charge in [0.05, 0.1) is 5.02 Å². The zero-order valence-electron chi connectivity index (χ0n) is 12.7. The predicted molar refractivity (Wildman–Crippen MR) is 89.9 cm³/mol. The van der Waals surface area contributed by atoms with Crippen molar-refractivity contribution in [2.45, 2.75) is 32.7 Å². The molecule has 1 aromatic carbocycles. The van der Waals surface area contributed by atoms with E-state index in [0.717, 1.165) is 31.7 Å². The van der Waals surface area contributed by atoms with Gasteiger partial charge in [0.2, 0.25) is 0 Å². The molecule has 2 atom stereocenters. The number of rotatable bonds is 5. The van der Waals surface area contributed by atoms with E-state index in [-0.39, 0.29) is 23.2 Å². The Balaban J connectivity index is 0.00000220. The van der Waals surface area contributed by atoms with E-state index in [1.54, 1.807) is 6.07 Å². The Hall–Kier alpha value is -0.350. The van der Waals surface area contributed by atoms with E-state index in [1.165, 1.54) is 18.9 Å². The van der Waals surface area contributed by atoms with Crippen LogP contribution in [0, 0.1) is 11.7 Å². The molecule has 0 bridgehead atoms. The van der Waals surface area contributed by atoms with E-state index >= 15 is 0 Å². The second-order valence-corrected chi connectivity index (χ2v) is 6.08. The van der Waals surface area contributed by atoms with Crippen LogP contribution in [-0.2, 0) is 0 Å². The number of hydrogen-bond acceptors (Lipinski definition) is 2. The molecule has 1 saturated heterocycles. The highest BCUT2D eigenvalue weighted by molar-refractivity contribution is 6.30. The second-order valence-electron chi connectivity index (χ2n) is 5.67. The smallest absolute Gasteiger partial charge is 0.141 e. The van der Waals surface area contributed by atoms with Crippen LogP contribution < -0.4 is 5.32 Å². The maximum Gasteiger partial charge on any atom is 0.141 e. The van der Waals surface area contributed by atoms with Gasteiger partial charge in [0.15, 0.2) is 0 Å². The summed E-state index contributed by atoms with van der Waals surface area (Å²) in [4.78, 5) is 2.50. The normalized spacial score (nSPS) is 18.9. The first-order valence-corrected chi connectivity index (χ1v) is 7.91. The summed E-state index contributed by atoms with van der Waals surface area (Å²) in [6.45, 7) is 8.60. The van der Waals surface area contributed by atoms with E-state index in [0.29, 0.717) is 12.0 Å². The van der Waals surface area contributed by atoms with Crippen LogP contribution in [-0.4, -0.2) is 31.1 Å². The van der Waals surface area contributed by atoms with Crippen LogP contribution in [0.1, 0.15) is 38.3 Å². The molecule has 1 aliphatic rings. The van der Waals surface area contributed by atoms with Crippen LogP contribution in [0.15, 0.2) is 18.2 Å². The highest BCUT2D eigenvalue weighted by Crippen LogP contribution is 2.33. The molecule has 21 heavy (non-hydrogen) atoms. The quantitative estimate of drug-likeness (QED) is 0.864. The Morgan fingerprint density at radius 3 is 2.57 bits per heavy atom. The van der Waals surface area contributed by atoms with Crippen LogP contribution in [0.3, 0.4) is 0 Å². The van der Waals surface area contributed by atoms with Gasteiger partial charge in [-0.05, 0) is 30.0 Å². The highest BCUT2D eigenvalue weighted by Gasteiger charge is 2.27. The van der Waals surface area contributed by atoms with Gasteiger partial charge in [0.25, 0.3) is 0 Å². The fourth-order valence-electron chi connectivity index (χ4n) is 3.17. The van der Waals surface area contributed by atoms with Crippen molar-refractivity contribution >= 4 is 24.0 Å². The van der Waals surface area contributed by atoms with E-state index < -0.39 is 0 Å². The molecule has 1 unspecified atom stereocenters. The third-order valence-electron chi connectivity index (χ3n) is 4.11. The minimum atomic E-state index is -0.336. The van der Waals surface area contributed by atoms with E-state index in [1.807, 2.05) is 6.07 Å². The summed E-state index contributed by atoms with van der Waals surface area (Å²) in [5.41, 5.74) is 1.14. The average molecular weight is 335 g/mol. The van der Waals surface area contributed by atoms with Crippen molar-refractivity contribution in [3.63, 3.8) is 0 Å². The van der Waals surface area contributed by atoms with Crippen LogP contribution in [0.4, 0.5) is 4.39 Å². The molecule has 1 N–H and O–H groups in total. The molecule has 5 heteroatoms. The zero-order chi connectivity index (χ0) is 14.5. The molecular weight excluding hydrogens is 310 g/mol. The Kier molecular flexibility index (Phi) is 7.96. The lowest BCUT2D eigenvalue weighted by molar-refractivity contribution is 0.126. The van der Waals surface area contributed by atoms with Gasteiger partial charge in [-0.2, -0.15) is 0 Å². The summed E-state index contributed by atoms with van der Waals surface area (Å²) in [5.74, 6) is 0.206. The predicted octanol–water partition coefficient (Wildman–Crippen LogP) is 4.28. The Morgan fingerprint density at radius 1 is 1.33 bits per heavy atom. The third kappa shape index (κ3) is 4.82. The lowest BCUT2D eigenvalue weighted by atomic mass is 9.89. The first-order chi connectivity index (χ1) is 9.63. The van der Waals surface area contributed by atoms with Gasteiger partial charge in [-0.25, -0.2) is 4.39 Å². The molecule has 0 radical (unpaired) electrons. The SMILES string of the molecule is CCCC(C)[C@@H](c1ccc(F)c(Cl)c1)N1CCNCC1.Cl. The molecule has 1 heterocycles. The summed E-state index contributed by atoms with van der Waals surface area (Å²) < 4.78 is 13.4. The zero-order valence-corrected chi connectivity index (χ0v) is 14.3. The number of hydrogen-bond donors (Lipinski definition) is 1. The van der Waals surface area contributed by atoms with Crippen molar-refractivity contribution in [3.05, 3.63) is 34.6 Å². The van der Waals surface area contributed by atoms with Gasteiger partial charge < -0.3 is 5.32 Å². The number of halogens is 3. The van der Waals surface area contributed by atoms with Gasteiger partial charge in [0.1, 0.15) is 5.82 Å². The molecule has 0 aliphatic carbocycles. The number of nitrogens with zero attached hydrogens (tertiary/aromatic N) is 1. The van der Waals surface area contributed by atoms with E-state index in [4.69, 9.17) is 11.6 Å². The summed E-state index contributed by atoms with van der Waals surface area (Å²) in [7, 11) is 0. The summed E-state index contributed by atoms with van der Waals surface area (Å²) in [6, 6.07) is 5.51. The molecule has 0 aromatic heterocycles. The molecule has 0 amide bonds. The van der Waals surface area contributed by atoms with E-state index in [2.05, 4.69) is 24.1 Å². The Morgan fingerprint density at radius 2 is 2.00 bits per heavy atom. The van der Waals surface area contributed by atoms with Gasteiger partial charge in [-0.1, -0.05) is 37.9 Å². The number of piperazine rings is 1. The molecule has 1 fully saturated rings. The minimum absolute atomic E-state index is 0. The fraction of sp³-hybridized carbons (Fsp3) is 0.625. The standard InChI is InChI=1S/C16H24ClFN2.ClH/c1-3-4-12(2)16(20-9-7-19-8-10-20)13-5-6-15(18)14(17)11-13;/h5-6,11-12,16,19H,3-4,7-10H2,1-2H3;1H/t12?,16-;/m0./s1. The Labute approximate surface area is 138 Å². The van der Waals surface area contributed by atoms with Crippen molar-refractivity contribution in [1.29, 1.82) is 0 Å². The summed E-state index contributed by atoms with van der Waals surface area (Å²) >= 11 is 5.97. The van der Waals surface area contributed by atoms with Crippen molar-refractivity contribution < 1.29 is 4.39 Å². The first-order valence-electron chi connectivity index (χ1n) is 7.53. The molecule has 120 valence electrons. The highest BCUT2D eigenvalue weighted by atomic mass is 35.5. The second kappa shape index (κ2) is 8.94. The van der Waals surface area contributed by atoms with Gasteiger partial charge in [0, 0.05) is 32.2 Å². The van der Waals surface area contributed by atoms with Gasteiger partial charge in [-0.3, -0.25) is 4.90 Å². The molecule has 1 aliphatic heterocycles. The molecule has 0 saturated carbocycles. The molecule has 0 spiro atoms. The van der Waals surface area contributed by atoms with E-state index in [9.17, 15) is 4.39 Å². The van der Waals surface area contributed by atoms with Gasteiger partial charge >= 0.3 is 0 Å². The maximum absolute atomic E-state index is 13.4.